The van der Waals surface area contributed by atoms with Crippen LogP contribution in [0.15, 0.2) is 23.8 Å². The summed E-state index contributed by atoms with van der Waals surface area (Å²) in [7, 11) is 0. The number of carbonyl (C=O) groups is 3. The van der Waals surface area contributed by atoms with Crippen LogP contribution in [0.3, 0.4) is 0 Å². The van der Waals surface area contributed by atoms with Gasteiger partial charge in [-0.1, -0.05) is 25.5 Å². The number of alkyl halides is 1. The van der Waals surface area contributed by atoms with E-state index in [0.717, 1.165) is 0 Å². The molecule has 0 aromatic carbocycles. The molecule has 0 saturated heterocycles. The minimum Gasteiger partial charge on any atom is -0.458 e. The van der Waals surface area contributed by atoms with Gasteiger partial charge in [-0.25, -0.2) is 4.39 Å². The van der Waals surface area contributed by atoms with Gasteiger partial charge in [0.2, 0.25) is 5.78 Å². The van der Waals surface area contributed by atoms with E-state index in [4.69, 9.17) is 4.74 Å². The first-order valence-corrected chi connectivity index (χ1v) is 11.0. The van der Waals surface area contributed by atoms with Crippen molar-refractivity contribution in [2.24, 2.45) is 28.6 Å². The van der Waals surface area contributed by atoms with E-state index in [0.29, 0.717) is 24.8 Å². The molecule has 0 bridgehead atoms. The molecule has 178 valence electrons. The van der Waals surface area contributed by atoms with Crippen molar-refractivity contribution in [2.45, 2.75) is 70.8 Å². The molecule has 4 N–H and O–H groups in total. The fourth-order valence-electron chi connectivity index (χ4n) is 7.42. The second-order valence-corrected chi connectivity index (χ2v) is 10.4. The highest BCUT2D eigenvalue weighted by Crippen LogP contribution is 2.70. The van der Waals surface area contributed by atoms with Crippen LogP contribution >= 0.6 is 0 Å². The molecule has 0 heterocycles. The van der Waals surface area contributed by atoms with Crippen LogP contribution in [-0.2, 0) is 19.1 Å². The lowest BCUT2D eigenvalue weighted by atomic mass is 9.44. The minimum absolute atomic E-state index is 0. The van der Waals surface area contributed by atoms with Crippen LogP contribution in [0.25, 0.3) is 0 Å². The monoisotopic (exact) mass is 452 g/mol. The van der Waals surface area contributed by atoms with Crippen molar-refractivity contribution in [2.75, 3.05) is 6.61 Å². The molecule has 2 unspecified atom stereocenters. The van der Waals surface area contributed by atoms with E-state index in [1.165, 1.54) is 19.1 Å². The predicted octanol–water partition coefficient (Wildman–Crippen LogP) is 1.64. The summed E-state index contributed by atoms with van der Waals surface area (Å²) in [4.78, 5) is 36.2. The molecule has 4 aliphatic carbocycles. The number of fused-ring (bicyclic) bond motifs is 5. The van der Waals surface area contributed by atoms with Crippen molar-refractivity contribution >= 4 is 17.5 Å². The lowest BCUT2D eigenvalue weighted by Gasteiger charge is -2.62. The fourth-order valence-corrected chi connectivity index (χ4v) is 7.42. The Bertz CT molecular complexity index is 912. The number of ketones is 2. The molecular weight excluding hydrogens is 419 g/mol. The van der Waals surface area contributed by atoms with Gasteiger partial charge in [-0.05, 0) is 56.6 Å². The zero-order valence-electron chi connectivity index (χ0n) is 19.0. The summed E-state index contributed by atoms with van der Waals surface area (Å²) >= 11 is 0. The highest BCUT2D eigenvalue weighted by molar-refractivity contribution is 6.01. The number of allylic oxidation sites excluding steroid dienone is 4. The van der Waals surface area contributed by atoms with E-state index in [1.54, 1.807) is 26.8 Å². The van der Waals surface area contributed by atoms with Gasteiger partial charge in [0, 0.05) is 23.7 Å². The Labute approximate surface area is 187 Å². The van der Waals surface area contributed by atoms with Crippen molar-refractivity contribution < 1.29 is 39.2 Å². The van der Waals surface area contributed by atoms with E-state index in [2.05, 4.69) is 0 Å². The molecule has 0 aromatic rings. The van der Waals surface area contributed by atoms with E-state index in [1.807, 2.05) is 0 Å². The molecular formula is C24H33FO7. The number of ether oxygens (including phenoxy) is 1. The molecule has 8 atom stereocenters. The molecule has 4 aliphatic rings. The Kier molecular flexibility index (Phi) is 5.85. The van der Waals surface area contributed by atoms with Crippen molar-refractivity contribution in [3.05, 3.63) is 23.8 Å². The maximum absolute atomic E-state index is 17.0. The van der Waals surface area contributed by atoms with Gasteiger partial charge >= 0.3 is 5.97 Å². The quantitative estimate of drug-likeness (QED) is 0.626. The molecule has 0 radical (unpaired) electrons. The number of rotatable bonds is 3. The van der Waals surface area contributed by atoms with Gasteiger partial charge in [-0.15, -0.1) is 0 Å². The van der Waals surface area contributed by atoms with E-state index >= 15 is 4.39 Å². The average Bonchev–Trinajstić information content (AvgIpc) is 2.89. The Morgan fingerprint density at radius 2 is 1.94 bits per heavy atom. The largest absolute Gasteiger partial charge is 0.458 e. The summed E-state index contributed by atoms with van der Waals surface area (Å²) in [5.74, 6) is -2.80. The lowest BCUT2D eigenvalue weighted by Crippen LogP contribution is -2.69. The Balaban J connectivity index is 0.00000289. The number of esters is 1. The van der Waals surface area contributed by atoms with Gasteiger partial charge in [-0.2, -0.15) is 0 Å². The summed E-state index contributed by atoms with van der Waals surface area (Å²) < 4.78 is 21.9. The van der Waals surface area contributed by atoms with E-state index < -0.39 is 58.4 Å². The second kappa shape index (κ2) is 7.57. The maximum atomic E-state index is 17.0. The van der Waals surface area contributed by atoms with Gasteiger partial charge in [0.25, 0.3) is 0 Å². The third-order valence-electron chi connectivity index (χ3n) is 9.05. The van der Waals surface area contributed by atoms with Crippen molar-refractivity contribution in [1.29, 1.82) is 0 Å². The number of Topliss-reactive ketones (excluding diaryl/α,β-unsaturated/α-hetero) is 1. The SMILES string of the molecule is CC(=O)OCC(=O)[C@@]1(O)C(C)C[C@H]2[C@@H]3CCC4=CC(=O)C=C[C@]4(C)[C@@]3(F)C(O)C[C@@]21C.O. The second-order valence-electron chi connectivity index (χ2n) is 10.4. The standard InChI is InChI=1S/C24H31FO6.H2O/c1-13-9-18-17-6-5-15-10-16(27)7-8-21(15,3)23(17,25)19(28)11-22(18,4)24(13,30)20(29)12-31-14(2)26;/h7-8,10,13,17-19,28,30H,5-6,9,11-12H2,1-4H3;1H2/t13?,17-,18-,19?,21-,22-,23-,24-;/m0./s1. The summed E-state index contributed by atoms with van der Waals surface area (Å²) in [6, 6.07) is 0. The van der Waals surface area contributed by atoms with Crippen molar-refractivity contribution in [1.82, 2.24) is 0 Å². The third-order valence-corrected chi connectivity index (χ3v) is 9.05. The first-order valence-electron chi connectivity index (χ1n) is 11.0. The van der Waals surface area contributed by atoms with Gasteiger partial charge in [0.1, 0.15) is 5.60 Å². The van der Waals surface area contributed by atoms with Crippen LogP contribution in [-0.4, -0.2) is 57.2 Å². The number of hydrogen-bond acceptors (Lipinski definition) is 6. The zero-order valence-corrected chi connectivity index (χ0v) is 19.0. The van der Waals surface area contributed by atoms with Crippen LogP contribution in [0.2, 0.25) is 0 Å². The van der Waals surface area contributed by atoms with Crippen LogP contribution in [0.4, 0.5) is 4.39 Å². The Morgan fingerprint density at radius 3 is 2.56 bits per heavy atom. The third kappa shape index (κ3) is 2.85. The predicted molar refractivity (Wildman–Crippen MR) is 113 cm³/mol. The summed E-state index contributed by atoms with van der Waals surface area (Å²) in [6.45, 7) is 5.89. The highest BCUT2D eigenvalue weighted by Gasteiger charge is 2.75. The number of aliphatic hydroxyl groups is 2. The molecule has 8 heteroatoms. The summed E-state index contributed by atoms with van der Waals surface area (Å²) in [5.41, 5.74) is -5.33. The highest BCUT2D eigenvalue weighted by atomic mass is 19.1. The van der Waals surface area contributed by atoms with Gasteiger partial charge in [0.15, 0.2) is 18.1 Å². The molecule has 0 amide bonds. The first kappa shape index (κ1) is 24.7. The van der Waals surface area contributed by atoms with Crippen LogP contribution < -0.4 is 0 Å². The maximum Gasteiger partial charge on any atom is 0.303 e. The smallest absolute Gasteiger partial charge is 0.303 e. The van der Waals surface area contributed by atoms with Crippen LogP contribution in [0, 0.1) is 28.6 Å². The van der Waals surface area contributed by atoms with Gasteiger partial charge in [-0.3, -0.25) is 14.4 Å². The molecule has 32 heavy (non-hydrogen) atoms. The molecule has 0 aromatic heterocycles. The number of aliphatic hydroxyl groups excluding tert-OH is 1. The van der Waals surface area contributed by atoms with Crippen LogP contribution in [0.1, 0.15) is 53.4 Å². The summed E-state index contributed by atoms with van der Waals surface area (Å²) in [6.07, 6.45) is 4.29. The summed E-state index contributed by atoms with van der Waals surface area (Å²) in [5, 5.41) is 22.9. The fraction of sp³-hybridized carbons (Fsp3) is 0.708. The zero-order chi connectivity index (χ0) is 23.0. The minimum atomic E-state index is -2.01. The average molecular weight is 453 g/mol. The molecule has 3 fully saturated rings. The van der Waals surface area contributed by atoms with Crippen molar-refractivity contribution in [3.63, 3.8) is 0 Å². The molecule has 0 spiro atoms. The van der Waals surface area contributed by atoms with E-state index in [9.17, 15) is 24.6 Å². The molecule has 0 aliphatic heterocycles. The molecule has 4 rings (SSSR count). The normalized spacial score (nSPS) is 46.8. The first-order chi connectivity index (χ1) is 14.3. The number of halogens is 1. The van der Waals surface area contributed by atoms with Gasteiger partial charge < -0.3 is 20.4 Å². The number of carbonyl (C=O) groups excluding carboxylic acids is 3. The van der Waals surface area contributed by atoms with Crippen LogP contribution in [0.5, 0.6) is 0 Å². The van der Waals surface area contributed by atoms with E-state index in [-0.39, 0.29) is 23.6 Å². The molecule has 3 saturated carbocycles. The van der Waals surface area contributed by atoms with Crippen molar-refractivity contribution in [3.8, 4) is 0 Å². The number of hydrogen-bond donors (Lipinski definition) is 2. The topological polar surface area (TPSA) is 132 Å². The lowest BCUT2D eigenvalue weighted by molar-refractivity contribution is -0.219. The Morgan fingerprint density at radius 1 is 1.28 bits per heavy atom. The molecule has 7 nitrogen and oxygen atoms in total. The Hall–Kier alpha value is -1.90. The van der Waals surface area contributed by atoms with Gasteiger partial charge in [0.05, 0.1) is 6.10 Å².